The lowest BCUT2D eigenvalue weighted by molar-refractivity contribution is 0.0152. The van der Waals surface area contributed by atoms with Crippen molar-refractivity contribution < 1.29 is 9.13 Å². The van der Waals surface area contributed by atoms with Gasteiger partial charge in [0.15, 0.2) is 5.82 Å². The van der Waals surface area contributed by atoms with E-state index in [1.54, 1.807) is 0 Å². The number of hydrogen-bond acceptors (Lipinski definition) is 5. The molecule has 2 bridgehead atoms. The summed E-state index contributed by atoms with van der Waals surface area (Å²) in [5.74, 6) is -0.534. The molecule has 6 nitrogen and oxygen atoms in total. The van der Waals surface area contributed by atoms with Gasteiger partial charge in [0.2, 0.25) is 5.95 Å². The predicted molar refractivity (Wildman–Crippen MR) is 104 cm³/mol. The Labute approximate surface area is 160 Å². The number of aromatic nitrogens is 3. The number of unbranched alkanes of at least 4 members (excludes halogenated alkanes) is 2. The highest BCUT2D eigenvalue weighted by Gasteiger charge is 2.62. The third-order valence-electron chi connectivity index (χ3n) is 5.09. The minimum Gasteiger partial charge on any atom is -0.374 e. The molecule has 2 aromatic rings. The van der Waals surface area contributed by atoms with Gasteiger partial charge in [-0.15, -0.1) is 5.10 Å². The van der Waals surface area contributed by atoms with Crippen molar-refractivity contribution in [3.05, 3.63) is 23.3 Å². The number of nitrogens with zero attached hydrogens (tertiary/aromatic N) is 4. The van der Waals surface area contributed by atoms with Crippen LogP contribution in [0.4, 0.5) is 10.3 Å². The summed E-state index contributed by atoms with van der Waals surface area (Å²) in [6.07, 6.45) is 6.92. The molecule has 3 aliphatic rings. The number of halogens is 1. The second-order valence-corrected chi connectivity index (χ2v) is 7.29. The zero-order chi connectivity index (χ0) is 20.2. The van der Waals surface area contributed by atoms with Crippen LogP contribution in [0.2, 0.25) is 0 Å². The first-order valence-electron chi connectivity index (χ1n) is 9.77. The van der Waals surface area contributed by atoms with E-state index in [-0.39, 0.29) is 28.0 Å². The van der Waals surface area contributed by atoms with Crippen molar-refractivity contribution in [2.24, 2.45) is 0 Å². The second-order valence-electron chi connectivity index (χ2n) is 7.29. The summed E-state index contributed by atoms with van der Waals surface area (Å²) >= 11 is 0. The molecule has 3 fully saturated rings. The van der Waals surface area contributed by atoms with Gasteiger partial charge >= 0.3 is 0 Å². The van der Waals surface area contributed by atoms with Crippen molar-refractivity contribution >= 4 is 11.5 Å². The quantitative estimate of drug-likeness (QED) is 0.860. The first-order valence-corrected chi connectivity index (χ1v) is 9.77. The van der Waals surface area contributed by atoms with Gasteiger partial charge in [0.25, 0.3) is 0 Å². The van der Waals surface area contributed by atoms with E-state index < -0.39 is 5.82 Å². The third kappa shape index (κ3) is 3.63. The molecule has 0 unspecified atom stereocenters. The monoisotopic (exact) mass is 375 g/mol. The number of fused-ring (bicyclic) bond motifs is 2. The lowest BCUT2D eigenvalue weighted by atomic mass is 9.61. The Morgan fingerprint density at radius 3 is 2.41 bits per heavy atom. The Morgan fingerprint density at radius 1 is 1.33 bits per heavy atom. The average molecular weight is 375 g/mol. The highest BCUT2D eigenvalue weighted by Crippen LogP contribution is 2.59. The maximum Gasteiger partial charge on any atom is 0.238 e. The van der Waals surface area contributed by atoms with E-state index in [1.807, 2.05) is 26.8 Å². The Kier molecular flexibility index (Phi) is 6.42. The molecule has 7 heteroatoms. The van der Waals surface area contributed by atoms with Crippen LogP contribution in [-0.4, -0.2) is 26.8 Å². The first-order chi connectivity index (χ1) is 12.9. The number of hydrogen-bond donors (Lipinski definition) is 1. The van der Waals surface area contributed by atoms with E-state index in [9.17, 15) is 9.65 Å². The zero-order valence-electron chi connectivity index (χ0n) is 17.0. The number of nitrogen functional groups attached to an aromatic ring is 1. The molecule has 0 atom stereocenters. The molecule has 0 radical (unpaired) electrons. The van der Waals surface area contributed by atoms with E-state index >= 15 is 0 Å². The van der Waals surface area contributed by atoms with Gasteiger partial charge in [-0.2, -0.15) is 5.26 Å². The van der Waals surface area contributed by atoms with Gasteiger partial charge in [-0.05, 0) is 19.8 Å². The van der Waals surface area contributed by atoms with Crippen LogP contribution < -0.4 is 5.73 Å². The number of rotatable bonds is 3. The number of anilines is 1. The fourth-order valence-corrected chi connectivity index (χ4v) is 4.10. The van der Waals surface area contributed by atoms with E-state index in [0.29, 0.717) is 12.3 Å². The second kappa shape index (κ2) is 8.22. The van der Waals surface area contributed by atoms with E-state index in [0.717, 1.165) is 12.8 Å². The van der Waals surface area contributed by atoms with Crippen molar-refractivity contribution in [2.75, 3.05) is 12.3 Å². The van der Waals surface area contributed by atoms with Crippen LogP contribution in [0.15, 0.2) is 6.20 Å². The summed E-state index contributed by atoms with van der Waals surface area (Å²) in [4.78, 5) is 3.80. The first kappa shape index (κ1) is 21.1. The van der Waals surface area contributed by atoms with Crippen molar-refractivity contribution in [1.82, 2.24) is 14.6 Å². The Bertz CT molecular complexity index is 831. The van der Waals surface area contributed by atoms with Crippen molar-refractivity contribution in [3.8, 4) is 6.07 Å². The summed E-state index contributed by atoms with van der Waals surface area (Å²) in [5.41, 5.74) is 5.87. The number of nitrogens with two attached hydrogens (primary N) is 1. The molecule has 2 aliphatic heterocycles. The topological polar surface area (TPSA) is 89.2 Å². The molecule has 148 valence electrons. The Balaban J connectivity index is 0.000000327. The van der Waals surface area contributed by atoms with Crippen LogP contribution >= 0.6 is 0 Å². The standard InChI is InChI=1S/C13H12FN5O.C5H12.C2H6/c1-12-4-13(5-12,6-20-12)10-7(2-15)9(14)8-3-17-11(16)18-19(8)10;1-3-5-4-2;1-2/h3H,4-6H2,1H3,(H2,16,18);3-5H2,1-2H3;1-2H3. The van der Waals surface area contributed by atoms with Crippen LogP contribution in [0.1, 0.15) is 78.0 Å². The molecule has 0 aromatic carbocycles. The van der Waals surface area contributed by atoms with Gasteiger partial charge in [-0.25, -0.2) is 13.9 Å². The van der Waals surface area contributed by atoms with Gasteiger partial charge in [0.05, 0.1) is 24.1 Å². The molecular weight excluding hydrogens is 345 g/mol. The molecule has 2 N–H and O–H groups in total. The largest absolute Gasteiger partial charge is 0.374 e. The van der Waals surface area contributed by atoms with Gasteiger partial charge in [0, 0.05) is 5.41 Å². The van der Waals surface area contributed by atoms with Crippen LogP contribution in [0, 0.1) is 17.1 Å². The smallest absolute Gasteiger partial charge is 0.238 e. The van der Waals surface area contributed by atoms with Crippen LogP contribution in [0.3, 0.4) is 0 Å². The van der Waals surface area contributed by atoms with Crippen LogP contribution in [0.5, 0.6) is 0 Å². The van der Waals surface area contributed by atoms with Crippen LogP contribution in [-0.2, 0) is 10.2 Å². The van der Waals surface area contributed by atoms with Crippen molar-refractivity contribution in [2.45, 2.75) is 77.7 Å². The highest BCUT2D eigenvalue weighted by atomic mass is 19.1. The summed E-state index contributed by atoms with van der Waals surface area (Å²) < 4.78 is 21.5. The minimum atomic E-state index is -0.586. The summed E-state index contributed by atoms with van der Waals surface area (Å²) in [6.45, 7) is 10.9. The molecule has 2 aromatic heterocycles. The van der Waals surface area contributed by atoms with Crippen molar-refractivity contribution in [3.63, 3.8) is 0 Å². The summed E-state index contributed by atoms with van der Waals surface area (Å²) in [5, 5.41) is 13.4. The van der Waals surface area contributed by atoms with Gasteiger partial charge in [0.1, 0.15) is 17.1 Å². The Hall–Kier alpha value is -2.20. The van der Waals surface area contributed by atoms with Crippen LogP contribution in [0.25, 0.3) is 5.52 Å². The number of ether oxygens (including phenoxy) is 1. The predicted octanol–water partition coefficient (Wildman–Crippen LogP) is 4.37. The van der Waals surface area contributed by atoms with E-state index in [4.69, 9.17) is 10.5 Å². The SMILES string of the molecule is CC.CC12CC(c3c(C#N)c(F)c4cnc(N)nn34)(CO1)C2.CCCCC. The number of nitriles is 1. The van der Waals surface area contributed by atoms with E-state index in [1.165, 1.54) is 30.0 Å². The summed E-state index contributed by atoms with van der Waals surface area (Å²) in [7, 11) is 0. The normalized spacial score (nSPS) is 24.9. The molecule has 0 spiro atoms. The molecule has 1 aliphatic carbocycles. The lowest BCUT2D eigenvalue weighted by Crippen LogP contribution is -2.46. The highest BCUT2D eigenvalue weighted by molar-refractivity contribution is 5.60. The maximum atomic E-state index is 14.4. The average Bonchev–Trinajstić information content (AvgIpc) is 3.24. The fraction of sp³-hybridized carbons (Fsp3) is 0.650. The van der Waals surface area contributed by atoms with Gasteiger partial charge in [-0.1, -0.05) is 47.0 Å². The minimum absolute atomic E-state index is 0.0254. The summed E-state index contributed by atoms with van der Waals surface area (Å²) in [6, 6.07) is 1.95. The molecule has 0 amide bonds. The van der Waals surface area contributed by atoms with Gasteiger partial charge in [-0.3, -0.25) is 0 Å². The van der Waals surface area contributed by atoms with Gasteiger partial charge < -0.3 is 10.5 Å². The lowest BCUT2D eigenvalue weighted by Gasteiger charge is -2.42. The molecule has 27 heavy (non-hydrogen) atoms. The fourth-order valence-electron chi connectivity index (χ4n) is 4.10. The Morgan fingerprint density at radius 2 is 1.96 bits per heavy atom. The van der Waals surface area contributed by atoms with E-state index in [2.05, 4.69) is 23.9 Å². The third-order valence-corrected chi connectivity index (χ3v) is 5.09. The molecular formula is C20H30FN5O. The molecule has 4 heterocycles. The molecule has 1 saturated carbocycles. The maximum absolute atomic E-state index is 14.4. The molecule has 5 rings (SSSR count). The molecule has 2 saturated heterocycles. The van der Waals surface area contributed by atoms with Crippen molar-refractivity contribution in [1.29, 1.82) is 5.26 Å². The zero-order valence-corrected chi connectivity index (χ0v) is 17.0.